The Morgan fingerprint density at radius 3 is 2.71 bits per heavy atom. The number of halogens is 5. The second kappa shape index (κ2) is 10.9. The van der Waals surface area contributed by atoms with Crippen LogP contribution in [0.5, 0.6) is 0 Å². The Bertz CT molecular complexity index is 1440. The zero-order chi connectivity index (χ0) is 27.8. The predicted molar refractivity (Wildman–Crippen MR) is 139 cm³/mol. The number of fused-ring (bicyclic) bond motifs is 1. The number of alkyl halides is 3. The molecule has 0 fully saturated rings. The first-order chi connectivity index (χ1) is 17.9. The zero-order valence-electron chi connectivity index (χ0n) is 20.8. The third kappa shape index (κ3) is 5.48. The SMILES string of the molecule is [C-]#[N+]c1cc2c(s1)CN(C(=O)/C=C/CN(C)C)CC2c1ccc(F)c(Cl)c1-c1cn(CC)nc1C(F)(F)F. The Morgan fingerprint density at radius 2 is 2.08 bits per heavy atom. The van der Waals surface area contributed by atoms with Crippen LogP contribution in [0, 0.1) is 12.4 Å². The monoisotopic (exact) mass is 565 g/mol. The number of aromatic nitrogens is 2. The van der Waals surface area contributed by atoms with E-state index in [0.29, 0.717) is 22.7 Å². The van der Waals surface area contributed by atoms with Crippen molar-refractivity contribution in [2.75, 3.05) is 27.2 Å². The van der Waals surface area contributed by atoms with Crippen molar-refractivity contribution in [3.63, 3.8) is 0 Å². The lowest BCUT2D eigenvalue weighted by molar-refractivity contribution is -0.141. The number of rotatable bonds is 6. The molecule has 1 unspecified atom stereocenters. The molecule has 0 saturated heterocycles. The topological polar surface area (TPSA) is 45.7 Å². The third-order valence-electron chi connectivity index (χ3n) is 6.22. The summed E-state index contributed by atoms with van der Waals surface area (Å²) in [6.45, 7) is 10.2. The van der Waals surface area contributed by atoms with Gasteiger partial charge in [0.1, 0.15) is 5.82 Å². The van der Waals surface area contributed by atoms with Gasteiger partial charge in [0, 0.05) is 53.8 Å². The number of carbonyl (C=O) groups excluding carboxylic acids is 1. The summed E-state index contributed by atoms with van der Waals surface area (Å²) in [5.41, 5.74) is -0.598. The van der Waals surface area contributed by atoms with Crippen LogP contribution in [-0.4, -0.2) is 52.7 Å². The quantitative estimate of drug-likeness (QED) is 0.193. The van der Waals surface area contributed by atoms with E-state index >= 15 is 0 Å². The highest BCUT2D eigenvalue weighted by atomic mass is 35.5. The van der Waals surface area contributed by atoms with Crippen LogP contribution in [0.3, 0.4) is 0 Å². The van der Waals surface area contributed by atoms with Crippen molar-refractivity contribution in [2.24, 2.45) is 0 Å². The minimum atomic E-state index is -4.81. The number of hydrogen-bond donors (Lipinski definition) is 0. The fraction of sp³-hybridized carbons (Fsp3) is 0.346. The highest BCUT2D eigenvalue weighted by molar-refractivity contribution is 7.16. The van der Waals surface area contributed by atoms with Gasteiger partial charge in [0.15, 0.2) is 5.69 Å². The van der Waals surface area contributed by atoms with Gasteiger partial charge in [-0.1, -0.05) is 23.7 Å². The third-order valence-corrected chi connectivity index (χ3v) is 7.62. The second-order valence-corrected chi connectivity index (χ2v) is 10.6. The van der Waals surface area contributed by atoms with Crippen molar-refractivity contribution in [1.82, 2.24) is 19.6 Å². The Kier molecular flexibility index (Phi) is 7.97. The Hall–Kier alpha value is -3.20. The van der Waals surface area contributed by atoms with Crippen LogP contribution in [0.4, 0.5) is 22.6 Å². The van der Waals surface area contributed by atoms with Gasteiger partial charge in [0.2, 0.25) is 10.9 Å². The van der Waals surface area contributed by atoms with Crippen molar-refractivity contribution in [1.29, 1.82) is 0 Å². The van der Waals surface area contributed by atoms with E-state index in [4.69, 9.17) is 18.2 Å². The summed E-state index contributed by atoms with van der Waals surface area (Å²) in [5.74, 6) is -1.79. The molecule has 1 amide bonds. The van der Waals surface area contributed by atoms with Crippen molar-refractivity contribution in [3.8, 4) is 11.1 Å². The van der Waals surface area contributed by atoms with E-state index in [0.717, 1.165) is 15.6 Å². The molecule has 0 saturated carbocycles. The molecule has 1 aliphatic heterocycles. The standard InChI is InChI=1S/C26H24ClF4N5OS/c1-5-36-13-18(25(33-36)26(29,30)31)23-15(8-9-19(28)24(23)27)17-12-35(22(37)7-6-10-34(3)4)14-20-16(17)11-21(32-2)38-20/h6-9,11,13,17H,5,10,12,14H2,1,3-4H3/b7-6+. The van der Waals surface area contributed by atoms with Crippen molar-refractivity contribution in [2.45, 2.75) is 32.1 Å². The molecule has 3 heterocycles. The molecule has 1 aromatic carbocycles. The van der Waals surface area contributed by atoms with E-state index in [1.807, 2.05) is 19.0 Å². The van der Waals surface area contributed by atoms with E-state index in [1.165, 1.54) is 29.7 Å². The molecule has 2 aromatic heterocycles. The summed E-state index contributed by atoms with van der Waals surface area (Å²) < 4.78 is 57.9. The number of hydrogen-bond acceptors (Lipinski definition) is 4. The molecule has 0 bridgehead atoms. The molecular formula is C26H24ClF4N5OS. The molecule has 6 nitrogen and oxygen atoms in total. The number of carbonyl (C=O) groups is 1. The summed E-state index contributed by atoms with van der Waals surface area (Å²) >= 11 is 7.59. The van der Waals surface area contributed by atoms with Gasteiger partial charge >= 0.3 is 6.18 Å². The fourth-order valence-electron chi connectivity index (χ4n) is 4.47. The number of nitrogens with zero attached hydrogens (tertiary/aromatic N) is 5. The molecule has 200 valence electrons. The number of amides is 1. The van der Waals surface area contributed by atoms with Crippen LogP contribution in [0.15, 0.2) is 36.5 Å². The van der Waals surface area contributed by atoms with Gasteiger partial charge in [0.05, 0.1) is 18.1 Å². The minimum absolute atomic E-state index is 0.116. The Balaban J connectivity index is 1.89. The maximum Gasteiger partial charge on any atom is 0.435 e. The number of aryl methyl sites for hydroxylation is 1. The molecule has 38 heavy (non-hydrogen) atoms. The lowest BCUT2D eigenvalue weighted by Gasteiger charge is -2.34. The summed E-state index contributed by atoms with van der Waals surface area (Å²) in [5, 5.41) is 3.61. The molecule has 0 radical (unpaired) electrons. The molecule has 0 aliphatic carbocycles. The Morgan fingerprint density at radius 1 is 1.34 bits per heavy atom. The van der Waals surface area contributed by atoms with E-state index in [2.05, 4.69) is 9.94 Å². The number of likely N-dealkylation sites (N-methyl/N-ethyl adjacent to an activating group) is 1. The van der Waals surface area contributed by atoms with Crippen LogP contribution >= 0.6 is 22.9 Å². The van der Waals surface area contributed by atoms with E-state index < -0.39 is 28.6 Å². The largest absolute Gasteiger partial charge is 0.435 e. The molecule has 0 spiro atoms. The minimum Gasteiger partial charge on any atom is -0.333 e. The molecule has 0 N–H and O–H groups in total. The van der Waals surface area contributed by atoms with Crippen LogP contribution in [0.1, 0.15) is 34.5 Å². The normalized spacial score (nSPS) is 15.8. The van der Waals surface area contributed by atoms with E-state index in [9.17, 15) is 22.4 Å². The zero-order valence-corrected chi connectivity index (χ0v) is 22.4. The summed E-state index contributed by atoms with van der Waals surface area (Å²) in [6, 6.07) is 4.19. The smallest absolute Gasteiger partial charge is 0.333 e. The van der Waals surface area contributed by atoms with Crippen LogP contribution in [0.25, 0.3) is 16.0 Å². The first kappa shape index (κ1) is 27.8. The van der Waals surface area contributed by atoms with Gasteiger partial charge in [-0.15, -0.1) is 0 Å². The highest BCUT2D eigenvalue weighted by Crippen LogP contribution is 2.48. The van der Waals surface area contributed by atoms with Gasteiger partial charge in [-0.3, -0.25) is 9.48 Å². The molecule has 1 aliphatic rings. The number of benzene rings is 1. The van der Waals surface area contributed by atoms with E-state index in [-0.39, 0.29) is 36.7 Å². The number of thiophene rings is 1. The maximum absolute atomic E-state index is 14.7. The Labute approximate surface area is 226 Å². The molecular weight excluding hydrogens is 542 g/mol. The lowest BCUT2D eigenvalue weighted by Crippen LogP contribution is -2.37. The van der Waals surface area contributed by atoms with Crippen molar-refractivity contribution >= 4 is 33.8 Å². The van der Waals surface area contributed by atoms with Crippen molar-refractivity contribution in [3.05, 3.63) is 80.5 Å². The predicted octanol–water partition coefficient (Wildman–Crippen LogP) is 6.59. The molecule has 3 aromatic rings. The first-order valence-corrected chi connectivity index (χ1v) is 12.9. The highest BCUT2D eigenvalue weighted by Gasteiger charge is 2.40. The second-order valence-electron chi connectivity index (χ2n) is 9.08. The maximum atomic E-state index is 14.7. The lowest BCUT2D eigenvalue weighted by atomic mass is 9.83. The summed E-state index contributed by atoms with van der Waals surface area (Å²) in [6.07, 6.45) is -0.418. The van der Waals surface area contributed by atoms with Gasteiger partial charge in [0.25, 0.3) is 0 Å². The van der Waals surface area contributed by atoms with E-state index in [1.54, 1.807) is 24.0 Å². The molecule has 12 heteroatoms. The van der Waals surface area contributed by atoms with Gasteiger partial charge in [-0.2, -0.15) is 29.6 Å². The van der Waals surface area contributed by atoms with Gasteiger partial charge < -0.3 is 9.80 Å². The molecule has 4 rings (SSSR count). The molecule has 1 atom stereocenters. The van der Waals surface area contributed by atoms with Crippen LogP contribution in [-0.2, 0) is 24.1 Å². The van der Waals surface area contributed by atoms with Crippen LogP contribution < -0.4 is 0 Å². The van der Waals surface area contributed by atoms with Crippen molar-refractivity contribution < 1.29 is 22.4 Å². The van der Waals surface area contributed by atoms with Crippen LogP contribution in [0.2, 0.25) is 5.02 Å². The summed E-state index contributed by atoms with van der Waals surface area (Å²) in [4.78, 5) is 20.8. The van der Waals surface area contributed by atoms with Gasteiger partial charge in [-0.05, 0) is 44.3 Å². The summed E-state index contributed by atoms with van der Waals surface area (Å²) in [7, 11) is 3.73. The average Bonchev–Trinajstić information content (AvgIpc) is 3.48. The average molecular weight is 566 g/mol. The van der Waals surface area contributed by atoms with Gasteiger partial charge in [-0.25, -0.2) is 9.24 Å². The first-order valence-electron chi connectivity index (χ1n) is 11.7. The fourth-order valence-corrected chi connectivity index (χ4v) is 5.76.